The lowest BCUT2D eigenvalue weighted by atomic mass is 10.2. The summed E-state index contributed by atoms with van der Waals surface area (Å²) in [4.78, 5) is 3.79. The summed E-state index contributed by atoms with van der Waals surface area (Å²) in [6.45, 7) is 0.0638. The van der Waals surface area contributed by atoms with Crippen molar-refractivity contribution in [3.05, 3.63) is 23.4 Å². The Hall–Kier alpha value is -1.30. The van der Waals surface area contributed by atoms with Gasteiger partial charge in [0.1, 0.15) is 0 Å². The molecule has 1 aromatic heterocycles. The average molecular weight is 218 g/mol. The number of alkyl halides is 3. The maximum atomic E-state index is 11.9. The highest BCUT2D eigenvalue weighted by molar-refractivity contribution is 5.31. The minimum atomic E-state index is -4.32. The van der Waals surface area contributed by atoms with E-state index in [2.05, 4.69) is 15.0 Å². The van der Waals surface area contributed by atoms with E-state index in [-0.39, 0.29) is 5.88 Å². The molecule has 0 aromatic carbocycles. The van der Waals surface area contributed by atoms with Crippen molar-refractivity contribution in [1.29, 1.82) is 0 Å². The summed E-state index contributed by atoms with van der Waals surface area (Å²) < 4.78 is 40.1. The molecule has 0 spiro atoms. The lowest BCUT2D eigenvalue weighted by molar-refractivity contribution is -0.154. The molecule has 0 fully saturated rings. The first-order valence-electron chi connectivity index (χ1n) is 4.43. The van der Waals surface area contributed by atoms with E-state index in [9.17, 15) is 13.2 Å². The number of nitrogens with one attached hydrogen (secondary N) is 1. The number of hydrogen-bond donors (Lipinski definition) is 1. The van der Waals surface area contributed by atoms with E-state index in [0.29, 0.717) is 13.1 Å². The monoisotopic (exact) mass is 218 g/mol. The van der Waals surface area contributed by atoms with Crippen molar-refractivity contribution in [3.8, 4) is 5.88 Å². The number of pyridine rings is 1. The summed E-state index contributed by atoms with van der Waals surface area (Å²) in [5.74, 6) is 0.0229. The lowest BCUT2D eigenvalue weighted by Crippen LogP contribution is -2.19. The van der Waals surface area contributed by atoms with E-state index in [4.69, 9.17) is 0 Å². The number of rotatable bonds is 2. The van der Waals surface area contributed by atoms with Crippen LogP contribution in [0.5, 0.6) is 5.88 Å². The first-order valence-corrected chi connectivity index (χ1v) is 4.43. The van der Waals surface area contributed by atoms with E-state index in [1.165, 1.54) is 0 Å². The SMILES string of the molecule is FC(F)(F)COc1cc2c(cn1)CNC2. The van der Waals surface area contributed by atoms with E-state index in [0.717, 1.165) is 11.1 Å². The van der Waals surface area contributed by atoms with Crippen LogP contribution >= 0.6 is 0 Å². The molecule has 2 heterocycles. The van der Waals surface area contributed by atoms with Crippen molar-refractivity contribution in [2.24, 2.45) is 0 Å². The highest BCUT2D eigenvalue weighted by Crippen LogP contribution is 2.21. The topological polar surface area (TPSA) is 34.1 Å². The molecule has 1 N–H and O–H groups in total. The molecule has 3 nitrogen and oxygen atoms in total. The molecule has 0 bridgehead atoms. The molecular weight excluding hydrogens is 209 g/mol. The highest BCUT2D eigenvalue weighted by Gasteiger charge is 2.28. The zero-order valence-corrected chi connectivity index (χ0v) is 7.77. The van der Waals surface area contributed by atoms with Gasteiger partial charge in [-0.3, -0.25) is 0 Å². The second-order valence-corrected chi connectivity index (χ2v) is 3.30. The number of halogens is 3. The molecule has 1 aliphatic rings. The third-order valence-corrected chi connectivity index (χ3v) is 2.07. The molecule has 1 aliphatic heterocycles. The van der Waals surface area contributed by atoms with Crippen LogP contribution in [0.4, 0.5) is 13.2 Å². The van der Waals surface area contributed by atoms with Gasteiger partial charge in [-0.15, -0.1) is 0 Å². The van der Waals surface area contributed by atoms with Crippen molar-refractivity contribution in [3.63, 3.8) is 0 Å². The fourth-order valence-corrected chi connectivity index (χ4v) is 1.39. The maximum Gasteiger partial charge on any atom is 0.422 e. The van der Waals surface area contributed by atoms with Crippen molar-refractivity contribution in [2.45, 2.75) is 19.3 Å². The number of hydrogen-bond acceptors (Lipinski definition) is 3. The summed E-state index contributed by atoms with van der Waals surface area (Å²) in [5.41, 5.74) is 1.96. The quantitative estimate of drug-likeness (QED) is 0.819. The average Bonchev–Trinajstić information content (AvgIpc) is 2.60. The van der Waals surface area contributed by atoms with Crippen molar-refractivity contribution >= 4 is 0 Å². The Kier molecular flexibility index (Phi) is 2.52. The standard InChI is InChI=1S/C9H9F3N2O/c10-9(11,12)5-15-8-1-6-2-13-3-7(6)4-14-8/h1,4,13H,2-3,5H2. The number of fused-ring (bicyclic) bond motifs is 1. The van der Waals surface area contributed by atoms with Gasteiger partial charge in [0.15, 0.2) is 6.61 Å². The minimum absolute atomic E-state index is 0.0229. The second-order valence-electron chi connectivity index (χ2n) is 3.30. The van der Waals surface area contributed by atoms with E-state index >= 15 is 0 Å². The van der Waals surface area contributed by atoms with E-state index < -0.39 is 12.8 Å². The van der Waals surface area contributed by atoms with Crippen LogP contribution in [0, 0.1) is 0 Å². The first-order chi connectivity index (χ1) is 7.04. The summed E-state index contributed by atoms with van der Waals surface area (Å²) in [5, 5.41) is 3.07. The molecule has 0 unspecified atom stereocenters. The van der Waals surface area contributed by atoms with E-state index in [1.54, 1.807) is 12.3 Å². The zero-order valence-electron chi connectivity index (χ0n) is 7.77. The van der Waals surface area contributed by atoms with Gasteiger partial charge in [0.2, 0.25) is 5.88 Å². The largest absolute Gasteiger partial charge is 0.468 e. The van der Waals surface area contributed by atoms with Gasteiger partial charge in [-0.1, -0.05) is 0 Å². The van der Waals surface area contributed by atoms with Crippen molar-refractivity contribution in [1.82, 2.24) is 10.3 Å². The smallest absolute Gasteiger partial charge is 0.422 e. The molecule has 2 rings (SSSR count). The summed E-state index contributed by atoms with van der Waals surface area (Å²) >= 11 is 0. The second kappa shape index (κ2) is 3.69. The van der Waals surface area contributed by atoms with Crippen molar-refractivity contribution in [2.75, 3.05) is 6.61 Å². The fourth-order valence-electron chi connectivity index (χ4n) is 1.39. The van der Waals surface area contributed by atoms with Crippen LogP contribution in [-0.4, -0.2) is 17.8 Å². The third-order valence-electron chi connectivity index (χ3n) is 2.07. The van der Waals surface area contributed by atoms with Crippen LogP contribution < -0.4 is 10.1 Å². The van der Waals surface area contributed by atoms with Gasteiger partial charge in [0.05, 0.1) is 0 Å². The Morgan fingerprint density at radius 2 is 2.07 bits per heavy atom. The Bertz CT molecular complexity index is 365. The Morgan fingerprint density at radius 3 is 2.80 bits per heavy atom. The maximum absolute atomic E-state index is 11.9. The van der Waals surface area contributed by atoms with Crippen LogP contribution in [0.15, 0.2) is 12.3 Å². The van der Waals surface area contributed by atoms with Gasteiger partial charge >= 0.3 is 6.18 Å². The molecule has 15 heavy (non-hydrogen) atoms. The molecule has 0 aliphatic carbocycles. The van der Waals surface area contributed by atoms with Gasteiger partial charge in [0.25, 0.3) is 0 Å². The third kappa shape index (κ3) is 2.59. The molecule has 0 atom stereocenters. The van der Waals surface area contributed by atoms with Crippen LogP contribution in [0.3, 0.4) is 0 Å². The van der Waals surface area contributed by atoms with Gasteiger partial charge in [0, 0.05) is 25.4 Å². The fraction of sp³-hybridized carbons (Fsp3) is 0.444. The molecule has 0 saturated carbocycles. The van der Waals surface area contributed by atoms with Gasteiger partial charge < -0.3 is 10.1 Å². The Balaban J connectivity index is 2.04. The van der Waals surface area contributed by atoms with Crippen LogP contribution in [0.2, 0.25) is 0 Å². The number of aromatic nitrogens is 1. The van der Waals surface area contributed by atoms with Crippen LogP contribution in [0.25, 0.3) is 0 Å². The van der Waals surface area contributed by atoms with Crippen LogP contribution in [0.1, 0.15) is 11.1 Å². The first kappa shape index (κ1) is 10.2. The summed E-state index contributed by atoms with van der Waals surface area (Å²) in [6.07, 6.45) is -2.78. The van der Waals surface area contributed by atoms with Crippen LogP contribution in [-0.2, 0) is 13.1 Å². The molecular formula is C9H9F3N2O. The predicted molar refractivity (Wildman–Crippen MR) is 46.3 cm³/mol. The molecule has 0 saturated heterocycles. The number of nitrogens with zero attached hydrogens (tertiary/aromatic N) is 1. The Morgan fingerprint density at radius 1 is 1.33 bits per heavy atom. The van der Waals surface area contributed by atoms with Gasteiger partial charge in [-0.05, 0) is 11.1 Å². The number of ether oxygens (including phenoxy) is 1. The molecule has 1 aromatic rings. The summed E-state index contributed by atoms with van der Waals surface area (Å²) in [7, 11) is 0. The van der Waals surface area contributed by atoms with Crippen molar-refractivity contribution < 1.29 is 17.9 Å². The Labute approximate surface area is 84.3 Å². The predicted octanol–water partition coefficient (Wildman–Crippen LogP) is 1.63. The molecule has 0 radical (unpaired) electrons. The van der Waals surface area contributed by atoms with Gasteiger partial charge in [-0.2, -0.15) is 13.2 Å². The minimum Gasteiger partial charge on any atom is -0.468 e. The van der Waals surface area contributed by atoms with Gasteiger partial charge in [-0.25, -0.2) is 4.98 Å². The normalized spacial score (nSPS) is 15.1. The zero-order chi connectivity index (χ0) is 10.9. The highest BCUT2D eigenvalue weighted by atomic mass is 19.4. The van der Waals surface area contributed by atoms with E-state index in [1.807, 2.05) is 0 Å². The lowest BCUT2D eigenvalue weighted by Gasteiger charge is -2.08. The molecule has 0 amide bonds. The summed E-state index contributed by atoms with van der Waals surface area (Å²) in [6, 6.07) is 1.54. The molecule has 6 heteroatoms. The molecule has 82 valence electrons.